The summed E-state index contributed by atoms with van der Waals surface area (Å²) in [6.07, 6.45) is 43.0. The standard InChI is InChI=1S/C36H72O2/c1-3-5-7-9-11-13-14-15-16-17-18-19-20-21-22-23-24-25-26-28-30-32-34-35(36(37)38)33-31-29-27-12-10-8-6-4-2/h35H,3-34H2,1-2H3,(H,37,38). The number of carbonyl (C=O) groups is 1. The number of unbranched alkanes of at least 4 members (excludes halogenated alkanes) is 28. The SMILES string of the molecule is CCCCCCCCCCCCCCCCCCCCCCCCC(CCCCCCCCCC)C(=O)O. The molecule has 0 aliphatic rings. The molecule has 228 valence electrons. The quantitative estimate of drug-likeness (QED) is 0.0847. The van der Waals surface area contributed by atoms with Crippen LogP contribution in [0.5, 0.6) is 0 Å². The minimum absolute atomic E-state index is 0.0970. The highest BCUT2D eigenvalue weighted by molar-refractivity contribution is 5.69. The van der Waals surface area contributed by atoms with E-state index >= 15 is 0 Å². The average molecular weight is 537 g/mol. The maximum atomic E-state index is 11.6. The minimum atomic E-state index is -0.559. The Labute approximate surface area is 240 Å². The van der Waals surface area contributed by atoms with Gasteiger partial charge in [-0.25, -0.2) is 0 Å². The predicted molar refractivity (Wildman–Crippen MR) is 170 cm³/mol. The van der Waals surface area contributed by atoms with Crippen molar-refractivity contribution in [3.63, 3.8) is 0 Å². The Morgan fingerprint density at radius 2 is 0.553 bits per heavy atom. The highest BCUT2D eigenvalue weighted by Gasteiger charge is 2.16. The number of aliphatic carboxylic acids is 1. The first kappa shape index (κ1) is 37.5. The number of hydrogen-bond acceptors (Lipinski definition) is 1. The summed E-state index contributed by atoms with van der Waals surface area (Å²) in [4.78, 5) is 11.6. The van der Waals surface area contributed by atoms with E-state index in [2.05, 4.69) is 13.8 Å². The summed E-state index contributed by atoms with van der Waals surface area (Å²) in [5.41, 5.74) is 0. The Morgan fingerprint density at radius 3 is 0.737 bits per heavy atom. The molecule has 0 radical (unpaired) electrons. The summed E-state index contributed by atoms with van der Waals surface area (Å²) < 4.78 is 0. The second kappa shape index (κ2) is 32.7. The van der Waals surface area contributed by atoms with Crippen LogP contribution in [0.25, 0.3) is 0 Å². The van der Waals surface area contributed by atoms with E-state index in [1.54, 1.807) is 0 Å². The van der Waals surface area contributed by atoms with E-state index in [9.17, 15) is 9.90 Å². The molecule has 2 nitrogen and oxygen atoms in total. The molecule has 0 rings (SSSR count). The van der Waals surface area contributed by atoms with Gasteiger partial charge in [-0.05, 0) is 12.8 Å². The van der Waals surface area contributed by atoms with Crippen LogP contribution in [-0.2, 0) is 4.79 Å². The summed E-state index contributed by atoms with van der Waals surface area (Å²) in [7, 11) is 0. The zero-order valence-electron chi connectivity index (χ0n) is 26.6. The fourth-order valence-electron chi connectivity index (χ4n) is 5.92. The van der Waals surface area contributed by atoms with Gasteiger partial charge in [-0.3, -0.25) is 4.79 Å². The lowest BCUT2D eigenvalue weighted by Gasteiger charge is -2.12. The Kier molecular flexibility index (Phi) is 32.2. The molecule has 0 aromatic rings. The molecule has 0 aliphatic heterocycles. The van der Waals surface area contributed by atoms with Crippen LogP contribution in [0.1, 0.15) is 219 Å². The second-order valence-corrected chi connectivity index (χ2v) is 12.5. The summed E-state index contributed by atoms with van der Waals surface area (Å²) in [5.74, 6) is -0.656. The van der Waals surface area contributed by atoms with Gasteiger partial charge in [0.2, 0.25) is 0 Å². The van der Waals surface area contributed by atoms with Gasteiger partial charge in [0, 0.05) is 0 Å². The number of carboxylic acids is 1. The zero-order valence-corrected chi connectivity index (χ0v) is 26.6. The van der Waals surface area contributed by atoms with Gasteiger partial charge in [0.25, 0.3) is 0 Å². The molecule has 0 heterocycles. The van der Waals surface area contributed by atoms with Crippen molar-refractivity contribution in [2.24, 2.45) is 5.92 Å². The zero-order chi connectivity index (χ0) is 27.8. The van der Waals surface area contributed by atoms with Gasteiger partial charge in [-0.2, -0.15) is 0 Å². The van der Waals surface area contributed by atoms with Gasteiger partial charge in [0.15, 0.2) is 0 Å². The average Bonchev–Trinajstić information content (AvgIpc) is 2.91. The molecule has 0 aromatic heterocycles. The van der Waals surface area contributed by atoms with Gasteiger partial charge in [0.05, 0.1) is 5.92 Å². The van der Waals surface area contributed by atoms with E-state index in [4.69, 9.17) is 0 Å². The third-order valence-electron chi connectivity index (χ3n) is 8.66. The molecule has 0 aromatic carbocycles. The van der Waals surface area contributed by atoms with Gasteiger partial charge >= 0.3 is 5.97 Å². The van der Waals surface area contributed by atoms with E-state index in [-0.39, 0.29) is 5.92 Å². The first-order valence-corrected chi connectivity index (χ1v) is 17.9. The lowest BCUT2D eigenvalue weighted by Crippen LogP contribution is -2.13. The Bertz CT molecular complexity index is 447. The van der Waals surface area contributed by atoms with Crippen LogP contribution in [0.2, 0.25) is 0 Å². The minimum Gasteiger partial charge on any atom is -0.481 e. The molecule has 0 spiro atoms. The van der Waals surface area contributed by atoms with E-state index in [0.29, 0.717) is 0 Å². The Hall–Kier alpha value is -0.530. The van der Waals surface area contributed by atoms with E-state index in [1.165, 1.54) is 180 Å². The predicted octanol–water partition coefficient (Wildman–Crippen LogP) is 13.2. The fraction of sp³-hybridized carbons (Fsp3) is 0.972. The van der Waals surface area contributed by atoms with Crippen molar-refractivity contribution in [1.82, 2.24) is 0 Å². The van der Waals surface area contributed by atoms with Crippen molar-refractivity contribution in [2.75, 3.05) is 0 Å². The monoisotopic (exact) mass is 537 g/mol. The van der Waals surface area contributed by atoms with Gasteiger partial charge in [-0.15, -0.1) is 0 Å². The molecule has 0 fully saturated rings. The van der Waals surface area contributed by atoms with Crippen molar-refractivity contribution in [1.29, 1.82) is 0 Å². The molecule has 1 unspecified atom stereocenters. The first-order valence-electron chi connectivity index (χ1n) is 17.9. The third-order valence-corrected chi connectivity index (χ3v) is 8.66. The van der Waals surface area contributed by atoms with E-state index in [0.717, 1.165) is 25.7 Å². The van der Waals surface area contributed by atoms with Crippen LogP contribution in [-0.4, -0.2) is 11.1 Å². The van der Waals surface area contributed by atoms with Crippen LogP contribution in [0.15, 0.2) is 0 Å². The number of hydrogen-bond donors (Lipinski definition) is 1. The topological polar surface area (TPSA) is 37.3 Å². The lowest BCUT2D eigenvalue weighted by atomic mass is 9.94. The van der Waals surface area contributed by atoms with Gasteiger partial charge < -0.3 is 5.11 Å². The number of rotatable bonds is 33. The molecule has 0 saturated carbocycles. The van der Waals surface area contributed by atoms with Gasteiger partial charge in [0.1, 0.15) is 0 Å². The van der Waals surface area contributed by atoms with Crippen LogP contribution in [0, 0.1) is 5.92 Å². The maximum Gasteiger partial charge on any atom is 0.306 e. The molecule has 1 N–H and O–H groups in total. The Balaban J connectivity index is 3.30. The molecule has 0 bridgehead atoms. The van der Waals surface area contributed by atoms with Crippen molar-refractivity contribution in [3.05, 3.63) is 0 Å². The largest absolute Gasteiger partial charge is 0.481 e. The molecule has 2 heteroatoms. The van der Waals surface area contributed by atoms with Crippen LogP contribution in [0.3, 0.4) is 0 Å². The summed E-state index contributed by atoms with van der Waals surface area (Å²) in [6.45, 7) is 4.55. The highest BCUT2D eigenvalue weighted by atomic mass is 16.4. The lowest BCUT2D eigenvalue weighted by molar-refractivity contribution is -0.142. The summed E-state index contributed by atoms with van der Waals surface area (Å²) >= 11 is 0. The molecule has 0 amide bonds. The normalized spacial score (nSPS) is 12.3. The molecule has 0 aliphatic carbocycles. The first-order chi connectivity index (χ1) is 18.7. The van der Waals surface area contributed by atoms with Crippen LogP contribution < -0.4 is 0 Å². The number of carboxylic acid groups (broad SMARTS) is 1. The van der Waals surface area contributed by atoms with Crippen molar-refractivity contribution in [3.8, 4) is 0 Å². The van der Waals surface area contributed by atoms with E-state index in [1.807, 2.05) is 0 Å². The van der Waals surface area contributed by atoms with Gasteiger partial charge in [-0.1, -0.05) is 206 Å². The Morgan fingerprint density at radius 1 is 0.368 bits per heavy atom. The van der Waals surface area contributed by atoms with Crippen LogP contribution in [0.4, 0.5) is 0 Å². The second-order valence-electron chi connectivity index (χ2n) is 12.5. The summed E-state index contributed by atoms with van der Waals surface area (Å²) in [5, 5.41) is 9.54. The molecule has 0 saturated heterocycles. The highest BCUT2D eigenvalue weighted by Crippen LogP contribution is 2.20. The molecule has 38 heavy (non-hydrogen) atoms. The maximum absolute atomic E-state index is 11.6. The fourth-order valence-corrected chi connectivity index (χ4v) is 5.92. The van der Waals surface area contributed by atoms with Crippen LogP contribution >= 0.6 is 0 Å². The molecular weight excluding hydrogens is 464 g/mol. The molecule has 1 atom stereocenters. The summed E-state index contributed by atoms with van der Waals surface area (Å²) in [6, 6.07) is 0. The third kappa shape index (κ3) is 30.0. The van der Waals surface area contributed by atoms with E-state index < -0.39 is 5.97 Å². The molecular formula is C36H72O2. The van der Waals surface area contributed by atoms with Crippen molar-refractivity contribution in [2.45, 2.75) is 219 Å². The van der Waals surface area contributed by atoms with Crippen molar-refractivity contribution < 1.29 is 9.90 Å². The van der Waals surface area contributed by atoms with Crippen molar-refractivity contribution >= 4 is 5.97 Å². The smallest absolute Gasteiger partial charge is 0.306 e.